The van der Waals surface area contributed by atoms with Crippen molar-refractivity contribution in [3.05, 3.63) is 22.8 Å². The van der Waals surface area contributed by atoms with Gasteiger partial charge in [0, 0.05) is 17.9 Å². The number of hydrogen-bond acceptors (Lipinski definition) is 3. The quantitative estimate of drug-likeness (QED) is 0.565. The van der Waals surface area contributed by atoms with E-state index in [9.17, 15) is 0 Å². The van der Waals surface area contributed by atoms with Crippen molar-refractivity contribution in [2.24, 2.45) is 0 Å². The Morgan fingerprint density at radius 2 is 2.42 bits per heavy atom. The van der Waals surface area contributed by atoms with Crippen LogP contribution < -0.4 is 0 Å². The highest BCUT2D eigenvalue weighted by molar-refractivity contribution is 8.03. The summed E-state index contributed by atoms with van der Waals surface area (Å²) in [6.45, 7) is 1.92. The van der Waals surface area contributed by atoms with Gasteiger partial charge in [-0.1, -0.05) is 0 Å². The zero-order valence-electron chi connectivity index (χ0n) is 6.79. The lowest BCUT2D eigenvalue weighted by atomic mass is 10.2. The topological polar surface area (TPSA) is 27.0 Å². The second-order valence-electron chi connectivity index (χ2n) is 2.93. The summed E-state index contributed by atoms with van der Waals surface area (Å²) in [6.07, 6.45) is 5.23. The molecule has 0 saturated carbocycles. The van der Waals surface area contributed by atoms with E-state index in [4.69, 9.17) is 5.26 Å². The molecule has 0 aromatic heterocycles. The van der Waals surface area contributed by atoms with Crippen molar-refractivity contribution in [1.82, 2.24) is 4.90 Å². The van der Waals surface area contributed by atoms with E-state index in [-0.39, 0.29) is 0 Å². The SMILES string of the molecule is N#CC1=CC=C2SCCCN2C1. The first-order chi connectivity index (χ1) is 5.90. The molecule has 0 aromatic rings. The highest BCUT2D eigenvalue weighted by Gasteiger charge is 2.18. The number of fused-ring (bicyclic) bond motifs is 1. The van der Waals surface area contributed by atoms with E-state index in [1.165, 1.54) is 17.2 Å². The molecular weight excluding hydrogens is 168 g/mol. The molecule has 2 heterocycles. The molecule has 3 heteroatoms. The summed E-state index contributed by atoms with van der Waals surface area (Å²) in [7, 11) is 0. The van der Waals surface area contributed by atoms with Gasteiger partial charge in [-0.15, -0.1) is 11.8 Å². The second kappa shape index (κ2) is 3.24. The van der Waals surface area contributed by atoms with E-state index in [0.717, 1.165) is 18.7 Å². The Kier molecular flexibility index (Phi) is 2.09. The molecule has 0 aliphatic carbocycles. The average Bonchev–Trinajstić information content (AvgIpc) is 2.17. The number of allylic oxidation sites excluding steroid dienone is 2. The predicted octanol–water partition coefficient (Wildman–Crippen LogP) is 1.73. The van der Waals surface area contributed by atoms with Crippen molar-refractivity contribution < 1.29 is 0 Å². The largest absolute Gasteiger partial charge is 0.361 e. The van der Waals surface area contributed by atoms with Crippen molar-refractivity contribution >= 4 is 11.8 Å². The summed E-state index contributed by atoms with van der Waals surface area (Å²) >= 11 is 1.89. The van der Waals surface area contributed by atoms with Crippen LogP contribution in [0, 0.1) is 11.3 Å². The van der Waals surface area contributed by atoms with Crippen molar-refractivity contribution in [1.29, 1.82) is 5.26 Å². The monoisotopic (exact) mass is 178 g/mol. The van der Waals surface area contributed by atoms with Crippen molar-refractivity contribution in [2.45, 2.75) is 6.42 Å². The number of rotatable bonds is 0. The molecule has 1 fully saturated rings. The summed E-state index contributed by atoms with van der Waals surface area (Å²) in [5, 5.41) is 10.0. The van der Waals surface area contributed by atoms with Gasteiger partial charge in [0.2, 0.25) is 0 Å². The first-order valence-electron chi connectivity index (χ1n) is 4.09. The third kappa shape index (κ3) is 1.35. The van der Waals surface area contributed by atoms with E-state index < -0.39 is 0 Å². The van der Waals surface area contributed by atoms with Gasteiger partial charge in [0.15, 0.2) is 0 Å². The van der Waals surface area contributed by atoms with E-state index >= 15 is 0 Å². The van der Waals surface area contributed by atoms with Crippen LogP contribution in [0.3, 0.4) is 0 Å². The van der Waals surface area contributed by atoms with Crippen molar-refractivity contribution in [3.8, 4) is 6.07 Å². The molecule has 0 unspecified atom stereocenters. The van der Waals surface area contributed by atoms with Crippen LogP contribution in [0.25, 0.3) is 0 Å². The third-order valence-corrected chi connectivity index (χ3v) is 3.25. The molecule has 2 rings (SSSR count). The average molecular weight is 178 g/mol. The summed E-state index contributed by atoms with van der Waals surface area (Å²) in [5.74, 6) is 1.22. The fourth-order valence-electron chi connectivity index (χ4n) is 1.45. The molecule has 0 atom stereocenters. The standard InChI is InChI=1S/C9H10N2S/c10-6-8-2-3-9-11(7-8)4-1-5-12-9/h2-3H,1,4-5,7H2. The summed E-state index contributed by atoms with van der Waals surface area (Å²) in [6, 6.07) is 2.20. The summed E-state index contributed by atoms with van der Waals surface area (Å²) < 4.78 is 0. The minimum atomic E-state index is 0.815. The van der Waals surface area contributed by atoms with Gasteiger partial charge >= 0.3 is 0 Å². The van der Waals surface area contributed by atoms with E-state index in [0.29, 0.717) is 0 Å². The van der Waals surface area contributed by atoms with Gasteiger partial charge in [0.1, 0.15) is 0 Å². The van der Waals surface area contributed by atoms with Crippen LogP contribution in [-0.2, 0) is 0 Å². The number of nitrogens with zero attached hydrogens (tertiary/aromatic N) is 2. The number of thioether (sulfide) groups is 1. The normalized spacial score (nSPS) is 22.1. The van der Waals surface area contributed by atoms with Gasteiger partial charge < -0.3 is 4.90 Å². The van der Waals surface area contributed by atoms with Crippen LogP contribution in [0.4, 0.5) is 0 Å². The highest BCUT2D eigenvalue weighted by atomic mass is 32.2. The summed E-state index contributed by atoms with van der Waals surface area (Å²) in [4.78, 5) is 2.28. The summed E-state index contributed by atoms with van der Waals surface area (Å²) in [5.41, 5.74) is 0.876. The Labute approximate surface area is 76.5 Å². The molecule has 62 valence electrons. The fourth-order valence-corrected chi connectivity index (χ4v) is 2.43. The molecule has 2 nitrogen and oxygen atoms in total. The molecular formula is C9H10N2S. The lowest BCUT2D eigenvalue weighted by molar-refractivity contribution is 0.389. The Balaban J connectivity index is 2.19. The van der Waals surface area contributed by atoms with Crippen LogP contribution in [0.1, 0.15) is 6.42 Å². The number of nitriles is 1. The van der Waals surface area contributed by atoms with Gasteiger partial charge in [0.05, 0.1) is 17.6 Å². The smallest absolute Gasteiger partial charge is 0.0966 e. The minimum Gasteiger partial charge on any atom is -0.361 e. The maximum absolute atomic E-state index is 8.70. The Bertz CT molecular complexity index is 285. The molecule has 1 saturated heterocycles. The van der Waals surface area contributed by atoms with Gasteiger partial charge in [-0.25, -0.2) is 0 Å². The van der Waals surface area contributed by atoms with E-state index in [2.05, 4.69) is 17.0 Å². The Hall–Kier alpha value is -0.880. The molecule has 0 aromatic carbocycles. The first kappa shape index (κ1) is 7.75. The fraction of sp³-hybridized carbons (Fsp3) is 0.444. The maximum atomic E-state index is 8.70. The molecule has 0 bridgehead atoms. The van der Waals surface area contributed by atoms with Crippen LogP contribution in [-0.4, -0.2) is 23.7 Å². The lowest BCUT2D eigenvalue weighted by Crippen LogP contribution is -2.30. The Morgan fingerprint density at radius 3 is 3.25 bits per heavy atom. The van der Waals surface area contributed by atoms with Gasteiger partial charge in [-0.2, -0.15) is 5.26 Å². The predicted molar refractivity (Wildman–Crippen MR) is 50.4 cm³/mol. The zero-order chi connectivity index (χ0) is 8.39. The minimum absolute atomic E-state index is 0.815. The second-order valence-corrected chi connectivity index (χ2v) is 4.05. The molecule has 2 aliphatic rings. The molecule has 0 radical (unpaired) electrons. The van der Waals surface area contributed by atoms with Crippen molar-refractivity contribution in [2.75, 3.05) is 18.8 Å². The van der Waals surface area contributed by atoms with Crippen LogP contribution >= 0.6 is 11.8 Å². The van der Waals surface area contributed by atoms with Crippen LogP contribution in [0.5, 0.6) is 0 Å². The highest BCUT2D eigenvalue weighted by Crippen LogP contribution is 2.29. The molecule has 0 spiro atoms. The van der Waals surface area contributed by atoms with E-state index in [1.54, 1.807) is 0 Å². The van der Waals surface area contributed by atoms with E-state index in [1.807, 2.05) is 17.8 Å². The first-order valence-corrected chi connectivity index (χ1v) is 5.07. The van der Waals surface area contributed by atoms with Crippen LogP contribution in [0.2, 0.25) is 0 Å². The molecule has 2 aliphatic heterocycles. The molecule has 0 amide bonds. The zero-order valence-corrected chi connectivity index (χ0v) is 7.60. The van der Waals surface area contributed by atoms with Gasteiger partial charge in [-0.3, -0.25) is 0 Å². The van der Waals surface area contributed by atoms with Gasteiger partial charge in [-0.05, 0) is 18.6 Å². The lowest BCUT2D eigenvalue weighted by Gasteiger charge is -2.32. The third-order valence-electron chi connectivity index (χ3n) is 2.07. The molecule has 0 N–H and O–H groups in total. The maximum Gasteiger partial charge on any atom is 0.0966 e. The molecule has 12 heavy (non-hydrogen) atoms. The van der Waals surface area contributed by atoms with Gasteiger partial charge in [0.25, 0.3) is 0 Å². The van der Waals surface area contributed by atoms with Crippen molar-refractivity contribution in [3.63, 3.8) is 0 Å². The Morgan fingerprint density at radius 1 is 1.50 bits per heavy atom. The van der Waals surface area contributed by atoms with Crippen LogP contribution in [0.15, 0.2) is 22.8 Å². The number of hydrogen-bond donors (Lipinski definition) is 0.